The van der Waals surface area contributed by atoms with Crippen LogP contribution < -0.4 is 15.5 Å². The molecule has 3 amide bonds. The zero-order valence-electron chi connectivity index (χ0n) is 21.1. The normalized spacial score (nSPS) is 15.4. The Morgan fingerprint density at radius 2 is 1.92 bits per heavy atom. The van der Waals surface area contributed by atoms with Gasteiger partial charge in [-0.05, 0) is 63.1 Å². The number of nitriles is 1. The molecule has 1 aliphatic heterocycles. The second-order valence-electron chi connectivity index (χ2n) is 9.53. The number of fused-ring (bicyclic) bond motifs is 1. The van der Waals surface area contributed by atoms with Gasteiger partial charge in [0.2, 0.25) is 0 Å². The summed E-state index contributed by atoms with van der Waals surface area (Å²) in [5, 5.41) is 14.7. The fourth-order valence-corrected chi connectivity index (χ4v) is 4.66. The molecule has 1 heterocycles. The maximum atomic E-state index is 13.7. The largest absolute Gasteiger partial charge is 0.444 e. The van der Waals surface area contributed by atoms with E-state index < -0.39 is 17.7 Å². The minimum absolute atomic E-state index is 0.199. The molecule has 0 fully saturated rings. The highest BCUT2D eigenvalue weighted by Gasteiger charge is 2.33. The molecule has 0 unspecified atom stereocenters. The summed E-state index contributed by atoms with van der Waals surface area (Å²) in [6, 6.07) is 13.6. The minimum Gasteiger partial charge on any atom is -0.444 e. The van der Waals surface area contributed by atoms with Gasteiger partial charge < -0.3 is 20.3 Å². The molecule has 0 saturated heterocycles. The van der Waals surface area contributed by atoms with E-state index in [1.807, 2.05) is 6.07 Å². The number of rotatable bonds is 7. The molecule has 0 aliphatic carbocycles. The molecule has 8 nitrogen and oxygen atoms in total. The Morgan fingerprint density at radius 3 is 2.56 bits per heavy atom. The van der Waals surface area contributed by atoms with Crippen LogP contribution in [0.25, 0.3) is 0 Å². The second kappa shape index (κ2) is 12.0. The van der Waals surface area contributed by atoms with Gasteiger partial charge in [-0.3, -0.25) is 9.59 Å². The lowest BCUT2D eigenvalue weighted by Gasteiger charge is -2.27. The molecule has 2 aromatic carbocycles. The molecule has 0 radical (unpaired) electrons. The Labute approximate surface area is 216 Å². The number of hydrogen-bond acceptors (Lipinski definition) is 6. The number of amides is 3. The quantitative estimate of drug-likeness (QED) is 0.528. The van der Waals surface area contributed by atoms with Gasteiger partial charge in [-0.2, -0.15) is 5.26 Å². The molecule has 3 rings (SSSR count). The molecule has 36 heavy (non-hydrogen) atoms. The number of nitrogens with one attached hydrogen (secondary N) is 2. The zero-order valence-corrected chi connectivity index (χ0v) is 21.9. The summed E-state index contributed by atoms with van der Waals surface area (Å²) < 4.78 is 5.37. The van der Waals surface area contributed by atoms with Gasteiger partial charge in [0.25, 0.3) is 11.8 Å². The highest BCUT2D eigenvalue weighted by molar-refractivity contribution is 7.99. The van der Waals surface area contributed by atoms with Crippen molar-refractivity contribution in [3.8, 4) is 6.07 Å². The lowest BCUT2D eigenvalue weighted by atomic mass is 10.1. The van der Waals surface area contributed by atoms with Crippen molar-refractivity contribution < 1.29 is 19.1 Å². The summed E-state index contributed by atoms with van der Waals surface area (Å²) in [4.78, 5) is 41.3. The first kappa shape index (κ1) is 27.1. The van der Waals surface area contributed by atoms with Gasteiger partial charge in [0.15, 0.2) is 0 Å². The number of anilines is 1. The molecule has 2 aromatic rings. The van der Waals surface area contributed by atoms with Gasteiger partial charge in [0.1, 0.15) is 11.6 Å². The smallest absolute Gasteiger partial charge is 0.408 e. The number of carbonyl (C=O) groups excluding carboxylic acids is 3. The lowest BCUT2D eigenvalue weighted by Crippen LogP contribution is -2.50. The van der Waals surface area contributed by atoms with Crippen LogP contribution in [-0.4, -0.2) is 41.8 Å². The highest BCUT2D eigenvalue weighted by atomic mass is 32.2. The first-order valence-corrected chi connectivity index (χ1v) is 12.9. The molecule has 190 valence electrons. The fraction of sp³-hybridized carbons (Fsp3) is 0.407. The SMILES string of the molecule is CCCCNC(=O)c1ccc2c(c1)N(Cc1ccc(C#N)cc1)C(=O)[C@@H](NC(=O)OC(C)(C)C)CS2. The third-order valence-corrected chi connectivity index (χ3v) is 6.57. The van der Waals surface area contributed by atoms with Gasteiger partial charge in [-0.25, -0.2) is 4.79 Å². The number of thioether (sulfide) groups is 1. The topological polar surface area (TPSA) is 112 Å². The fourth-order valence-electron chi connectivity index (χ4n) is 3.61. The highest BCUT2D eigenvalue weighted by Crippen LogP contribution is 2.36. The van der Waals surface area contributed by atoms with Crippen molar-refractivity contribution in [1.82, 2.24) is 10.6 Å². The van der Waals surface area contributed by atoms with E-state index in [0.29, 0.717) is 29.1 Å². The summed E-state index contributed by atoms with van der Waals surface area (Å²) in [6.07, 6.45) is 1.19. The van der Waals surface area contributed by atoms with Crippen molar-refractivity contribution in [3.63, 3.8) is 0 Å². The van der Waals surface area contributed by atoms with E-state index in [4.69, 9.17) is 10.00 Å². The summed E-state index contributed by atoms with van der Waals surface area (Å²) in [7, 11) is 0. The number of hydrogen-bond donors (Lipinski definition) is 2. The summed E-state index contributed by atoms with van der Waals surface area (Å²) in [6.45, 7) is 8.13. The van der Waals surface area contributed by atoms with Crippen LogP contribution >= 0.6 is 11.8 Å². The molecule has 0 bridgehead atoms. The monoisotopic (exact) mass is 508 g/mol. The number of nitrogens with zero attached hydrogens (tertiary/aromatic N) is 2. The van der Waals surface area contributed by atoms with Crippen molar-refractivity contribution >= 4 is 35.4 Å². The molecule has 9 heteroatoms. The third kappa shape index (κ3) is 7.25. The van der Waals surface area contributed by atoms with Crippen LogP contribution in [0, 0.1) is 11.3 Å². The molecule has 0 aromatic heterocycles. The molecule has 1 aliphatic rings. The number of unbranched alkanes of at least 4 members (excludes halogenated alkanes) is 1. The second-order valence-corrected chi connectivity index (χ2v) is 10.6. The number of benzene rings is 2. The van der Waals surface area contributed by atoms with Gasteiger partial charge in [-0.1, -0.05) is 25.5 Å². The van der Waals surface area contributed by atoms with E-state index in [9.17, 15) is 14.4 Å². The van der Waals surface area contributed by atoms with Crippen molar-refractivity contribution in [2.45, 2.75) is 63.6 Å². The van der Waals surface area contributed by atoms with E-state index in [1.165, 1.54) is 11.8 Å². The average Bonchev–Trinajstić information content (AvgIpc) is 2.95. The predicted molar refractivity (Wildman–Crippen MR) is 140 cm³/mol. The van der Waals surface area contributed by atoms with E-state index >= 15 is 0 Å². The number of ether oxygens (including phenoxy) is 1. The molecule has 0 saturated carbocycles. The van der Waals surface area contributed by atoms with Crippen molar-refractivity contribution in [2.75, 3.05) is 17.2 Å². The zero-order chi connectivity index (χ0) is 26.3. The standard InChI is InChI=1S/C27H32N4O4S/c1-5-6-13-29-24(32)20-11-12-23-22(14-20)31(16-19-9-7-18(15-28)8-10-19)25(33)21(17-36-23)30-26(34)35-27(2,3)4/h7-12,14,21H,5-6,13,16-17H2,1-4H3,(H,29,32)(H,30,34)/t21-/m0/s1. The Hall–Kier alpha value is -3.51. The Morgan fingerprint density at radius 1 is 1.19 bits per heavy atom. The van der Waals surface area contributed by atoms with E-state index in [0.717, 1.165) is 23.3 Å². The van der Waals surface area contributed by atoms with Crippen molar-refractivity contribution in [2.24, 2.45) is 0 Å². The maximum absolute atomic E-state index is 13.7. The lowest BCUT2D eigenvalue weighted by molar-refractivity contribution is -0.120. The van der Waals surface area contributed by atoms with Crippen LogP contribution in [0.2, 0.25) is 0 Å². The van der Waals surface area contributed by atoms with Crippen LogP contribution in [-0.2, 0) is 16.1 Å². The van der Waals surface area contributed by atoms with E-state index in [-0.39, 0.29) is 18.4 Å². The molecular formula is C27H32N4O4S. The summed E-state index contributed by atoms with van der Waals surface area (Å²) in [5.41, 5.74) is 1.70. The van der Waals surface area contributed by atoms with E-state index in [1.54, 1.807) is 62.1 Å². The predicted octanol–water partition coefficient (Wildman–Crippen LogP) is 4.62. The van der Waals surface area contributed by atoms with Crippen molar-refractivity contribution in [3.05, 3.63) is 59.2 Å². The van der Waals surface area contributed by atoms with Crippen LogP contribution in [0.4, 0.5) is 10.5 Å². The third-order valence-electron chi connectivity index (χ3n) is 5.41. The Bertz CT molecular complexity index is 1150. The van der Waals surface area contributed by atoms with Gasteiger partial charge in [0.05, 0.1) is 23.9 Å². The number of alkyl carbamates (subject to hydrolysis) is 1. The molecule has 0 spiro atoms. The molecule has 2 N–H and O–H groups in total. The molecular weight excluding hydrogens is 476 g/mol. The van der Waals surface area contributed by atoms with E-state index in [2.05, 4.69) is 23.6 Å². The van der Waals surface area contributed by atoms with Gasteiger partial charge >= 0.3 is 6.09 Å². The Balaban J connectivity index is 1.93. The average molecular weight is 509 g/mol. The van der Waals surface area contributed by atoms with Crippen molar-refractivity contribution in [1.29, 1.82) is 5.26 Å². The maximum Gasteiger partial charge on any atom is 0.408 e. The summed E-state index contributed by atoms with van der Waals surface area (Å²) in [5.74, 6) is -0.188. The number of carbonyl (C=O) groups is 3. The summed E-state index contributed by atoms with van der Waals surface area (Å²) >= 11 is 1.44. The molecule has 1 atom stereocenters. The Kier molecular flexibility index (Phi) is 8.99. The van der Waals surface area contributed by atoms with Crippen LogP contribution in [0.5, 0.6) is 0 Å². The minimum atomic E-state index is -0.822. The van der Waals surface area contributed by atoms with Crippen LogP contribution in [0.1, 0.15) is 62.0 Å². The van der Waals surface area contributed by atoms with Gasteiger partial charge in [-0.15, -0.1) is 11.8 Å². The van der Waals surface area contributed by atoms with Gasteiger partial charge in [0, 0.05) is 22.8 Å². The van der Waals surface area contributed by atoms with Crippen LogP contribution in [0.15, 0.2) is 47.4 Å². The first-order chi connectivity index (χ1) is 17.1. The first-order valence-electron chi connectivity index (χ1n) is 12.0. The van der Waals surface area contributed by atoms with Crippen LogP contribution in [0.3, 0.4) is 0 Å².